The largest absolute Gasteiger partial charge is 0.416 e. The Morgan fingerprint density at radius 2 is 1.83 bits per heavy atom. The number of nitrogens with one attached hydrogen (secondary N) is 1. The summed E-state index contributed by atoms with van der Waals surface area (Å²) in [7, 11) is -1.87. The molecule has 2 aromatic rings. The van der Waals surface area contributed by atoms with Crippen molar-refractivity contribution in [2.45, 2.75) is 26.4 Å². The number of hydrogen-bond acceptors (Lipinski definition) is 3. The van der Waals surface area contributed by atoms with Crippen LogP contribution in [-0.4, -0.2) is 39.0 Å². The van der Waals surface area contributed by atoms with E-state index in [4.69, 9.17) is 11.6 Å². The van der Waals surface area contributed by atoms with Crippen LogP contribution >= 0.6 is 11.6 Å². The molecule has 0 spiro atoms. The molecule has 0 aliphatic rings. The second-order valence-corrected chi connectivity index (χ2v) is 9.05. The van der Waals surface area contributed by atoms with Crippen molar-refractivity contribution in [3.05, 3.63) is 58.1 Å². The van der Waals surface area contributed by atoms with Crippen molar-refractivity contribution in [1.82, 2.24) is 4.90 Å². The van der Waals surface area contributed by atoms with Gasteiger partial charge in [0.25, 0.3) is 0 Å². The van der Waals surface area contributed by atoms with Crippen molar-refractivity contribution in [2.75, 3.05) is 24.1 Å². The summed E-state index contributed by atoms with van der Waals surface area (Å²) >= 11 is 6.22. The lowest BCUT2D eigenvalue weighted by Crippen LogP contribution is -2.19. The van der Waals surface area contributed by atoms with E-state index in [1.165, 1.54) is 18.2 Å². The van der Waals surface area contributed by atoms with Gasteiger partial charge in [-0.25, -0.2) is 13.4 Å². The zero-order valence-corrected chi connectivity index (χ0v) is 18.4. The monoisotopic (exact) mass is 461 g/mol. The predicted molar refractivity (Wildman–Crippen MR) is 115 cm³/mol. The average molecular weight is 462 g/mol. The molecule has 0 aliphatic heterocycles. The molecule has 0 aliphatic carbocycles. The van der Waals surface area contributed by atoms with E-state index < -0.39 is 21.8 Å². The lowest BCUT2D eigenvalue weighted by molar-refractivity contribution is -0.137. The molecule has 0 atom stereocenters. The van der Waals surface area contributed by atoms with Gasteiger partial charge in [0.15, 0.2) is 0 Å². The Bertz CT molecular complexity index is 1010. The fraction of sp³-hybridized carbons (Fsp3) is 0.350. The minimum absolute atomic E-state index is 0.0754. The molecule has 0 amide bonds. The van der Waals surface area contributed by atoms with E-state index in [9.17, 15) is 21.6 Å². The van der Waals surface area contributed by atoms with Gasteiger partial charge in [-0.2, -0.15) is 13.2 Å². The maximum atomic E-state index is 12.6. The number of nitrogens with zero attached hydrogens (tertiary/aromatic N) is 2. The van der Waals surface area contributed by atoms with Crippen molar-refractivity contribution >= 4 is 39.3 Å². The molecule has 2 aromatic carbocycles. The molecule has 1 N–H and O–H groups in total. The number of aryl methyl sites for hydroxylation is 2. The van der Waals surface area contributed by atoms with Crippen molar-refractivity contribution in [3.63, 3.8) is 0 Å². The van der Waals surface area contributed by atoms with Crippen LogP contribution in [0.1, 0.15) is 23.6 Å². The van der Waals surface area contributed by atoms with Crippen LogP contribution in [0.5, 0.6) is 0 Å². The maximum absolute atomic E-state index is 12.6. The number of sulfonamides is 1. The highest BCUT2D eigenvalue weighted by molar-refractivity contribution is 7.92. The van der Waals surface area contributed by atoms with Gasteiger partial charge in [0, 0.05) is 13.6 Å². The fourth-order valence-electron chi connectivity index (χ4n) is 2.45. The highest BCUT2D eigenvalue weighted by Crippen LogP contribution is 2.32. The molecule has 0 unspecified atom stereocenters. The zero-order chi connectivity index (χ0) is 22.5. The molecule has 30 heavy (non-hydrogen) atoms. The van der Waals surface area contributed by atoms with Crippen molar-refractivity contribution in [2.24, 2.45) is 4.99 Å². The topological polar surface area (TPSA) is 61.8 Å². The van der Waals surface area contributed by atoms with Gasteiger partial charge >= 0.3 is 6.18 Å². The molecule has 0 heterocycles. The van der Waals surface area contributed by atoms with Gasteiger partial charge in [0.2, 0.25) is 10.0 Å². The Morgan fingerprint density at radius 3 is 2.40 bits per heavy atom. The van der Waals surface area contributed by atoms with Gasteiger partial charge in [-0.1, -0.05) is 23.7 Å². The normalized spacial score (nSPS) is 12.4. The quantitative estimate of drug-likeness (QED) is 0.430. The molecule has 0 radical (unpaired) electrons. The van der Waals surface area contributed by atoms with Crippen LogP contribution in [0.4, 0.5) is 24.5 Å². The Morgan fingerprint density at radius 1 is 1.20 bits per heavy atom. The summed E-state index contributed by atoms with van der Waals surface area (Å²) < 4.78 is 65.2. The molecule has 0 fully saturated rings. The van der Waals surface area contributed by atoms with Crippen molar-refractivity contribution < 1.29 is 21.6 Å². The standard InChI is InChI=1S/C20H23ClF3N3O2S/c1-4-27(3)13-25-19-11-14(2)18(12-17(19)21)26-30(28,29)10-9-15-5-7-16(8-6-15)20(22,23)24/h5-8,11-13,26H,4,9-10H2,1-3H3. The van der Waals surface area contributed by atoms with Crippen LogP contribution in [-0.2, 0) is 22.6 Å². The molecule has 164 valence electrons. The number of hydrogen-bond donors (Lipinski definition) is 1. The van der Waals surface area contributed by atoms with Gasteiger partial charge < -0.3 is 4.90 Å². The van der Waals surface area contributed by atoms with Gasteiger partial charge in [0.1, 0.15) is 0 Å². The number of anilines is 1. The number of aliphatic imine (C=N–C) groups is 1. The van der Waals surface area contributed by atoms with Crippen LogP contribution in [0.2, 0.25) is 5.02 Å². The Kier molecular flexibility index (Phi) is 7.76. The van der Waals surface area contributed by atoms with Crippen molar-refractivity contribution in [1.29, 1.82) is 0 Å². The van der Waals surface area contributed by atoms with E-state index in [2.05, 4.69) is 9.71 Å². The Labute approximate surface area is 179 Å². The molecule has 0 saturated carbocycles. The van der Waals surface area contributed by atoms with Gasteiger partial charge in [0.05, 0.1) is 34.1 Å². The average Bonchev–Trinajstić information content (AvgIpc) is 2.67. The summed E-state index contributed by atoms with van der Waals surface area (Å²) in [6.07, 6.45) is -2.72. The third kappa shape index (κ3) is 6.91. The smallest absolute Gasteiger partial charge is 0.366 e. The predicted octanol–water partition coefficient (Wildman–Crippen LogP) is 5.26. The van der Waals surface area contributed by atoms with Gasteiger partial charge in [-0.3, -0.25) is 4.72 Å². The van der Waals surface area contributed by atoms with E-state index in [0.29, 0.717) is 27.5 Å². The molecule has 10 heteroatoms. The summed E-state index contributed by atoms with van der Waals surface area (Å²) in [6.45, 7) is 4.48. The molecular weight excluding hydrogens is 439 g/mol. The van der Waals surface area contributed by atoms with Crippen LogP contribution in [0.15, 0.2) is 41.4 Å². The molecule has 5 nitrogen and oxygen atoms in total. The van der Waals surface area contributed by atoms with Gasteiger partial charge in [-0.15, -0.1) is 0 Å². The lowest BCUT2D eigenvalue weighted by Gasteiger charge is -2.13. The zero-order valence-electron chi connectivity index (χ0n) is 16.8. The maximum Gasteiger partial charge on any atom is 0.416 e. The van der Waals surface area contributed by atoms with Crippen LogP contribution in [0.25, 0.3) is 0 Å². The SMILES string of the molecule is CCN(C)C=Nc1cc(C)c(NS(=O)(=O)CCc2ccc(C(F)(F)F)cc2)cc1Cl. The minimum Gasteiger partial charge on any atom is -0.366 e. The van der Waals surface area contributed by atoms with Crippen LogP contribution < -0.4 is 4.72 Å². The third-order valence-corrected chi connectivity index (χ3v) is 5.97. The van der Waals surface area contributed by atoms with E-state index in [0.717, 1.165) is 18.7 Å². The number of rotatable bonds is 8. The molecular formula is C20H23ClF3N3O2S. The number of alkyl halides is 3. The summed E-state index contributed by atoms with van der Waals surface area (Å²) in [5.74, 6) is -0.281. The van der Waals surface area contributed by atoms with Gasteiger partial charge in [-0.05, 0) is 55.7 Å². The van der Waals surface area contributed by atoms with E-state index >= 15 is 0 Å². The first-order chi connectivity index (χ1) is 13.9. The second-order valence-electron chi connectivity index (χ2n) is 6.80. The fourth-order valence-corrected chi connectivity index (χ4v) is 3.82. The second kappa shape index (κ2) is 9.70. The minimum atomic E-state index is -4.43. The first-order valence-electron chi connectivity index (χ1n) is 9.12. The first kappa shape index (κ1) is 24.0. The molecule has 2 rings (SSSR count). The summed E-state index contributed by atoms with van der Waals surface area (Å²) in [5.41, 5.74) is 1.21. The molecule has 0 aromatic heterocycles. The van der Waals surface area contributed by atoms with E-state index in [1.54, 1.807) is 19.3 Å². The summed E-state index contributed by atoms with van der Waals surface area (Å²) in [6, 6.07) is 7.60. The molecule has 0 bridgehead atoms. The third-order valence-electron chi connectivity index (χ3n) is 4.39. The summed E-state index contributed by atoms with van der Waals surface area (Å²) in [5, 5.41) is 0.293. The number of benzene rings is 2. The van der Waals surface area contributed by atoms with Crippen molar-refractivity contribution in [3.8, 4) is 0 Å². The number of halogens is 4. The van der Waals surface area contributed by atoms with E-state index in [-0.39, 0.29) is 12.2 Å². The van der Waals surface area contributed by atoms with Crippen LogP contribution in [0.3, 0.4) is 0 Å². The molecule has 0 saturated heterocycles. The first-order valence-corrected chi connectivity index (χ1v) is 11.2. The lowest BCUT2D eigenvalue weighted by atomic mass is 10.1. The van der Waals surface area contributed by atoms with E-state index in [1.807, 2.05) is 18.9 Å². The summed E-state index contributed by atoms with van der Waals surface area (Å²) in [4.78, 5) is 6.15. The Balaban J connectivity index is 2.07. The Hall–Kier alpha value is -2.26. The highest BCUT2D eigenvalue weighted by Gasteiger charge is 2.29. The highest BCUT2D eigenvalue weighted by atomic mass is 35.5. The van der Waals surface area contributed by atoms with Crippen LogP contribution in [0, 0.1) is 6.92 Å².